The van der Waals surface area contributed by atoms with E-state index >= 15 is 0 Å². The number of sulfone groups is 2. The number of hydrogen-bond acceptors (Lipinski definition) is 7. The van der Waals surface area contributed by atoms with Crippen LogP contribution in [0.1, 0.15) is 11.3 Å². The van der Waals surface area contributed by atoms with Gasteiger partial charge in [0.25, 0.3) is 0 Å². The molecule has 0 aliphatic carbocycles. The Morgan fingerprint density at radius 3 is 2.00 bits per heavy atom. The molecule has 0 unspecified atom stereocenters. The molecule has 23 heavy (non-hydrogen) atoms. The van der Waals surface area contributed by atoms with Crippen molar-refractivity contribution in [2.24, 2.45) is 11.5 Å². The first-order valence-electron chi connectivity index (χ1n) is 6.88. The molecule has 0 atom stereocenters. The SMILES string of the molecule is NCCCS(=O)(=O)c1ccc(S(=O)(=O)c2ccc(CN)s2)cc1. The minimum Gasteiger partial charge on any atom is -0.330 e. The highest BCUT2D eigenvalue weighted by Gasteiger charge is 2.21. The van der Waals surface area contributed by atoms with Crippen LogP contribution < -0.4 is 11.5 Å². The molecule has 0 saturated heterocycles. The molecule has 0 saturated carbocycles. The van der Waals surface area contributed by atoms with Gasteiger partial charge in [-0.2, -0.15) is 0 Å². The standard InChI is InChI=1S/C14H18N2O4S3/c15-8-1-9-22(17,18)12-3-5-13(6-4-12)23(19,20)14-7-2-11(10-16)21-14/h2-7H,1,8-10,15-16H2. The second kappa shape index (κ2) is 7.10. The predicted octanol–water partition coefficient (Wildman–Crippen LogP) is 1.16. The predicted molar refractivity (Wildman–Crippen MR) is 89.8 cm³/mol. The summed E-state index contributed by atoms with van der Waals surface area (Å²) in [6.45, 7) is 0.562. The largest absolute Gasteiger partial charge is 0.330 e. The molecule has 9 heteroatoms. The minimum atomic E-state index is -3.66. The third-order valence-corrected chi connectivity index (χ3v) is 8.40. The summed E-state index contributed by atoms with van der Waals surface area (Å²) >= 11 is 1.11. The van der Waals surface area contributed by atoms with E-state index in [1.165, 1.54) is 30.3 Å². The van der Waals surface area contributed by atoms with Crippen LogP contribution in [0.4, 0.5) is 0 Å². The molecule has 0 radical (unpaired) electrons. The fraction of sp³-hybridized carbons (Fsp3) is 0.286. The van der Waals surface area contributed by atoms with Gasteiger partial charge in [-0.05, 0) is 49.4 Å². The van der Waals surface area contributed by atoms with Gasteiger partial charge in [0.15, 0.2) is 9.84 Å². The van der Waals surface area contributed by atoms with Gasteiger partial charge in [0.2, 0.25) is 9.84 Å². The maximum absolute atomic E-state index is 12.5. The van der Waals surface area contributed by atoms with E-state index in [2.05, 4.69) is 0 Å². The summed E-state index contributed by atoms with van der Waals surface area (Å²) < 4.78 is 49.3. The van der Waals surface area contributed by atoms with Crippen molar-refractivity contribution in [2.75, 3.05) is 12.3 Å². The van der Waals surface area contributed by atoms with E-state index in [1.807, 2.05) is 0 Å². The molecular formula is C14H18N2O4S3. The summed E-state index contributed by atoms with van der Waals surface area (Å²) in [5, 5.41) is 0. The normalized spacial score (nSPS) is 12.4. The molecular weight excluding hydrogens is 356 g/mol. The number of hydrogen-bond donors (Lipinski definition) is 2. The van der Waals surface area contributed by atoms with E-state index in [1.54, 1.807) is 6.07 Å². The van der Waals surface area contributed by atoms with Gasteiger partial charge in [0, 0.05) is 11.4 Å². The molecule has 2 aromatic rings. The van der Waals surface area contributed by atoms with Crippen LogP contribution in [0.3, 0.4) is 0 Å². The second-order valence-corrected chi connectivity index (χ2v) is 10.3. The summed E-state index contributed by atoms with van der Waals surface area (Å²) in [4.78, 5) is 0.920. The molecule has 126 valence electrons. The highest BCUT2D eigenvalue weighted by atomic mass is 32.2. The van der Waals surface area contributed by atoms with Crippen molar-refractivity contribution in [1.29, 1.82) is 0 Å². The first-order valence-corrected chi connectivity index (χ1v) is 10.8. The summed E-state index contributed by atoms with van der Waals surface area (Å²) in [7, 11) is -7.10. The van der Waals surface area contributed by atoms with Gasteiger partial charge < -0.3 is 11.5 Å². The lowest BCUT2D eigenvalue weighted by Crippen LogP contribution is -2.11. The Bertz CT molecular complexity index is 869. The van der Waals surface area contributed by atoms with Crippen molar-refractivity contribution in [3.63, 3.8) is 0 Å². The lowest BCUT2D eigenvalue weighted by atomic mass is 10.4. The fourth-order valence-corrected chi connectivity index (χ4v) is 5.92. The average Bonchev–Trinajstić information content (AvgIpc) is 3.03. The summed E-state index contributed by atoms with van der Waals surface area (Å²) in [5.41, 5.74) is 10.8. The maximum Gasteiger partial charge on any atom is 0.215 e. The second-order valence-electron chi connectivity index (χ2n) is 4.86. The number of thiophene rings is 1. The van der Waals surface area contributed by atoms with Crippen LogP contribution in [0.2, 0.25) is 0 Å². The third kappa shape index (κ3) is 3.99. The first kappa shape index (κ1) is 18.1. The quantitative estimate of drug-likeness (QED) is 0.750. The Hall–Kier alpha value is -1.26. The van der Waals surface area contributed by atoms with Crippen LogP contribution in [0.15, 0.2) is 50.4 Å². The lowest BCUT2D eigenvalue weighted by Gasteiger charge is -2.06. The van der Waals surface area contributed by atoms with Crippen molar-refractivity contribution >= 4 is 31.0 Å². The molecule has 1 heterocycles. The van der Waals surface area contributed by atoms with Crippen molar-refractivity contribution in [1.82, 2.24) is 0 Å². The van der Waals surface area contributed by atoms with Gasteiger partial charge in [0.05, 0.1) is 15.5 Å². The van der Waals surface area contributed by atoms with E-state index in [9.17, 15) is 16.8 Å². The van der Waals surface area contributed by atoms with Crippen molar-refractivity contribution in [3.05, 3.63) is 41.3 Å². The Morgan fingerprint density at radius 1 is 0.870 bits per heavy atom. The first-order chi connectivity index (χ1) is 10.8. The molecule has 0 bridgehead atoms. The topological polar surface area (TPSA) is 120 Å². The highest BCUT2D eigenvalue weighted by molar-refractivity contribution is 7.93. The molecule has 0 aliphatic rings. The number of rotatable bonds is 7. The van der Waals surface area contributed by atoms with Crippen LogP contribution in [0.5, 0.6) is 0 Å². The van der Waals surface area contributed by atoms with E-state index in [0.29, 0.717) is 6.42 Å². The molecule has 1 aromatic carbocycles. The zero-order valence-corrected chi connectivity index (χ0v) is 14.8. The molecule has 4 N–H and O–H groups in total. The summed E-state index contributed by atoms with van der Waals surface area (Å²) in [5.74, 6) is -0.0552. The Morgan fingerprint density at radius 2 is 1.48 bits per heavy atom. The van der Waals surface area contributed by atoms with Gasteiger partial charge in [-0.1, -0.05) is 0 Å². The van der Waals surface area contributed by atoms with Crippen LogP contribution in [-0.4, -0.2) is 29.1 Å². The summed E-state index contributed by atoms with van der Waals surface area (Å²) in [6.07, 6.45) is 0.361. The van der Waals surface area contributed by atoms with E-state index in [-0.39, 0.29) is 32.8 Å². The Balaban J connectivity index is 2.32. The molecule has 0 aliphatic heterocycles. The van der Waals surface area contributed by atoms with Crippen molar-refractivity contribution in [2.45, 2.75) is 27.0 Å². The maximum atomic E-state index is 12.5. The number of benzene rings is 1. The molecule has 0 spiro atoms. The van der Waals surface area contributed by atoms with Crippen LogP contribution >= 0.6 is 11.3 Å². The monoisotopic (exact) mass is 374 g/mol. The van der Waals surface area contributed by atoms with Gasteiger partial charge in [-0.25, -0.2) is 16.8 Å². The van der Waals surface area contributed by atoms with Gasteiger partial charge >= 0.3 is 0 Å². The molecule has 6 nitrogen and oxygen atoms in total. The molecule has 1 aromatic heterocycles. The van der Waals surface area contributed by atoms with Crippen molar-refractivity contribution < 1.29 is 16.8 Å². The lowest BCUT2D eigenvalue weighted by molar-refractivity contribution is 0.591. The van der Waals surface area contributed by atoms with Crippen LogP contribution in [0, 0.1) is 0 Å². The van der Waals surface area contributed by atoms with E-state index in [0.717, 1.165) is 16.2 Å². The minimum absolute atomic E-state index is 0.0552. The van der Waals surface area contributed by atoms with Crippen LogP contribution in [-0.2, 0) is 26.2 Å². The van der Waals surface area contributed by atoms with Gasteiger partial charge in [0.1, 0.15) is 4.21 Å². The van der Waals surface area contributed by atoms with Crippen molar-refractivity contribution in [3.8, 4) is 0 Å². The summed E-state index contributed by atoms with van der Waals surface area (Å²) in [6, 6.07) is 8.43. The zero-order chi connectivity index (χ0) is 17.1. The van der Waals surface area contributed by atoms with Crippen LogP contribution in [0.25, 0.3) is 0 Å². The van der Waals surface area contributed by atoms with E-state index in [4.69, 9.17) is 11.5 Å². The third-order valence-electron chi connectivity index (χ3n) is 3.21. The Kier molecular flexibility index (Phi) is 5.58. The van der Waals surface area contributed by atoms with E-state index < -0.39 is 19.7 Å². The average molecular weight is 375 g/mol. The Labute approximate surface area is 140 Å². The smallest absolute Gasteiger partial charge is 0.215 e. The number of nitrogens with two attached hydrogens (primary N) is 2. The fourth-order valence-electron chi connectivity index (χ4n) is 1.95. The molecule has 0 amide bonds. The molecule has 2 rings (SSSR count). The highest BCUT2D eigenvalue weighted by Crippen LogP contribution is 2.28. The van der Waals surface area contributed by atoms with Gasteiger partial charge in [-0.15, -0.1) is 11.3 Å². The van der Waals surface area contributed by atoms with Gasteiger partial charge in [-0.3, -0.25) is 0 Å². The molecule has 0 fully saturated rings. The zero-order valence-electron chi connectivity index (χ0n) is 12.3.